The van der Waals surface area contributed by atoms with Gasteiger partial charge in [-0.1, -0.05) is 0 Å². The van der Waals surface area contributed by atoms with Crippen molar-refractivity contribution in [2.24, 2.45) is 0 Å². The summed E-state index contributed by atoms with van der Waals surface area (Å²) < 4.78 is 5.28. The first-order valence-corrected chi connectivity index (χ1v) is 7.06. The quantitative estimate of drug-likeness (QED) is 0.879. The minimum absolute atomic E-state index is 0.740. The largest absolute Gasteiger partial charge is 0.496 e. The summed E-state index contributed by atoms with van der Waals surface area (Å²) in [5.74, 6) is 3.31. The molecular formula is C16H22N4O. The Labute approximate surface area is 125 Å². The van der Waals surface area contributed by atoms with Crippen LogP contribution in [-0.2, 0) is 0 Å². The molecule has 1 aromatic carbocycles. The minimum atomic E-state index is 0.740. The Morgan fingerprint density at radius 1 is 1.10 bits per heavy atom. The Morgan fingerprint density at radius 3 is 2.43 bits per heavy atom. The molecule has 0 atom stereocenters. The predicted octanol–water partition coefficient (Wildman–Crippen LogP) is 3.59. The van der Waals surface area contributed by atoms with Gasteiger partial charge in [0.2, 0.25) is 0 Å². The molecular weight excluding hydrogens is 264 g/mol. The average Bonchev–Trinajstić information content (AvgIpc) is 2.44. The molecule has 0 unspecified atom stereocenters. The second kappa shape index (κ2) is 6.43. The molecule has 0 aliphatic carbocycles. The van der Waals surface area contributed by atoms with Crippen molar-refractivity contribution in [3.63, 3.8) is 0 Å². The van der Waals surface area contributed by atoms with E-state index in [-0.39, 0.29) is 0 Å². The fraction of sp³-hybridized carbons (Fsp3) is 0.375. The van der Waals surface area contributed by atoms with Gasteiger partial charge < -0.3 is 15.4 Å². The zero-order valence-electron chi connectivity index (χ0n) is 13.2. The maximum Gasteiger partial charge on any atom is 0.139 e. The number of aromatic nitrogens is 2. The summed E-state index contributed by atoms with van der Waals surface area (Å²) in [5.41, 5.74) is 3.07. The lowest BCUT2D eigenvalue weighted by atomic mass is 10.2. The second-order valence-corrected chi connectivity index (χ2v) is 4.93. The number of nitrogens with zero attached hydrogens (tertiary/aromatic N) is 2. The van der Waals surface area contributed by atoms with Crippen molar-refractivity contribution in [3.8, 4) is 5.75 Å². The lowest BCUT2D eigenvalue weighted by Crippen LogP contribution is -2.07. The topological polar surface area (TPSA) is 59.1 Å². The van der Waals surface area contributed by atoms with Crippen molar-refractivity contribution in [2.75, 3.05) is 24.3 Å². The van der Waals surface area contributed by atoms with Gasteiger partial charge in [-0.2, -0.15) is 0 Å². The smallest absolute Gasteiger partial charge is 0.139 e. The van der Waals surface area contributed by atoms with Gasteiger partial charge in [0.1, 0.15) is 23.2 Å². The van der Waals surface area contributed by atoms with Crippen LogP contribution in [0.1, 0.15) is 23.9 Å². The third kappa shape index (κ3) is 3.42. The summed E-state index contributed by atoms with van der Waals surface area (Å²) in [5, 5.41) is 6.62. The van der Waals surface area contributed by atoms with Crippen molar-refractivity contribution in [2.45, 2.75) is 27.7 Å². The SMILES string of the molecule is CCNc1nc(C)nc(Nc2ccc(OC)c(C)c2)c1C. The Balaban J connectivity index is 2.32. The van der Waals surface area contributed by atoms with Crippen molar-refractivity contribution in [3.05, 3.63) is 35.2 Å². The van der Waals surface area contributed by atoms with E-state index in [1.807, 2.05) is 39.0 Å². The summed E-state index contributed by atoms with van der Waals surface area (Å²) in [6, 6.07) is 5.98. The highest BCUT2D eigenvalue weighted by Crippen LogP contribution is 2.26. The molecule has 112 valence electrons. The molecule has 1 aromatic heterocycles. The second-order valence-electron chi connectivity index (χ2n) is 4.93. The van der Waals surface area contributed by atoms with Gasteiger partial charge >= 0.3 is 0 Å². The van der Waals surface area contributed by atoms with Gasteiger partial charge in [0.05, 0.1) is 7.11 Å². The van der Waals surface area contributed by atoms with E-state index in [1.54, 1.807) is 7.11 Å². The van der Waals surface area contributed by atoms with Gasteiger partial charge in [0.25, 0.3) is 0 Å². The monoisotopic (exact) mass is 286 g/mol. The van der Waals surface area contributed by atoms with E-state index in [9.17, 15) is 0 Å². The fourth-order valence-electron chi connectivity index (χ4n) is 2.18. The van der Waals surface area contributed by atoms with Crippen LogP contribution in [0.3, 0.4) is 0 Å². The molecule has 0 aliphatic heterocycles. The summed E-state index contributed by atoms with van der Waals surface area (Å²) in [4.78, 5) is 8.92. The van der Waals surface area contributed by atoms with Crippen LogP contribution >= 0.6 is 0 Å². The van der Waals surface area contributed by atoms with Crippen LogP contribution in [0.2, 0.25) is 0 Å². The Morgan fingerprint density at radius 2 is 1.81 bits per heavy atom. The number of hydrogen-bond acceptors (Lipinski definition) is 5. The van der Waals surface area contributed by atoms with E-state index < -0.39 is 0 Å². The van der Waals surface area contributed by atoms with Gasteiger partial charge in [-0.15, -0.1) is 0 Å². The zero-order chi connectivity index (χ0) is 15.4. The minimum Gasteiger partial charge on any atom is -0.496 e. The van der Waals surface area contributed by atoms with E-state index in [1.165, 1.54) is 0 Å². The number of benzene rings is 1. The first kappa shape index (κ1) is 15.1. The normalized spacial score (nSPS) is 10.3. The molecule has 0 saturated carbocycles. The number of anilines is 3. The fourth-order valence-corrected chi connectivity index (χ4v) is 2.18. The first-order chi connectivity index (χ1) is 10.0. The van der Waals surface area contributed by atoms with E-state index in [0.29, 0.717) is 0 Å². The maximum absolute atomic E-state index is 5.28. The van der Waals surface area contributed by atoms with Gasteiger partial charge in [0.15, 0.2) is 0 Å². The van der Waals surface area contributed by atoms with Crippen LogP contribution in [0, 0.1) is 20.8 Å². The molecule has 0 spiro atoms. The Kier molecular flexibility index (Phi) is 4.62. The highest BCUT2D eigenvalue weighted by molar-refractivity contribution is 5.66. The summed E-state index contributed by atoms with van der Waals surface area (Å²) in [6.45, 7) is 8.81. The third-order valence-corrected chi connectivity index (χ3v) is 3.26. The molecule has 1 heterocycles. The molecule has 2 aromatic rings. The van der Waals surface area contributed by atoms with Crippen LogP contribution in [-0.4, -0.2) is 23.6 Å². The molecule has 5 nitrogen and oxygen atoms in total. The standard InChI is InChI=1S/C16H22N4O/c1-6-17-15-11(3)16(19-12(4)18-15)20-13-7-8-14(21-5)10(2)9-13/h7-9H,6H2,1-5H3,(H2,17,18,19,20). The van der Waals surface area contributed by atoms with Crippen molar-refractivity contribution >= 4 is 17.3 Å². The van der Waals surface area contributed by atoms with Crippen LogP contribution in [0.5, 0.6) is 5.75 Å². The molecule has 0 amide bonds. The van der Waals surface area contributed by atoms with E-state index in [4.69, 9.17) is 4.74 Å². The van der Waals surface area contributed by atoms with Crippen LogP contribution in [0.15, 0.2) is 18.2 Å². The summed E-state index contributed by atoms with van der Waals surface area (Å²) in [6.07, 6.45) is 0. The molecule has 0 aliphatic rings. The lowest BCUT2D eigenvalue weighted by molar-refractivity contribution is 0.412. The Hall–Kier alpha value is -2.30. The first-order valence-electron chi connectivity index (χ1n) is 7.06. The molecule has 2 rings (SSSR count). The van der Waals surface area contributed by atoms with Gasteiger partial charge in [-0.3, -0.25) is 0 Å². The van der Waals surface area contributed by atoms with Gasteiger partial charge in [-0.05, 0) is 51.5 Å². The van der Waals surface area contributed by atoms with Crippen molar-refractivity contribution < 1.29 is 4.74 Å². The molecule has 0 radical (unpaired) electrons. The molecule has 5 heteroatoms. The predicted molar refractivity (Wildman–Crippen MR) is 86.7 cm³/mol. The number of rotatable bonds is 5. The molecule has 2 N–H and O–H groups in total. The van der Waals surface area contributed by atoms with E-state index in [2.05, 4.69) is 27.5 Å². The number of ether oxygens (including phenoxy) is 1. The third-order valence-electron chi connectivity index (χ3n) is 3.26. The number of hydrogen-bond donors (Lipinski definition) is 2. The maximum atomic E-state index is 5.28. The van der Waals surface area contributed by atoms with Crippen LogP contribution in [0.4, 0.5) is 17.3 Å². The summed E-state index contributed by atoms with van der Waals surface area (Å²) >= 11 is 0. The van der Waals surface area contributed by atoms with Crippen molar-refractivity contribution in [1.82, 2.24) is 9.97 Å². The summed E-state index contributed by atoms with van der Waals surface area (Å²) in [7, 11) is 1.68. The number of nitrogens with one attached hydrogen (secondary N) is 2. The van der Waals surface area contributed by atoms with E-state index in [0.717, 1.165) is 46.6 Å². The molecule has 21 heavy (non-hydrogen) atoms. The number of methoxy groups -OCH3 is 1. The molecule has 0 bridgehead atoms. The Bertz CT molecular complexity index is 640. The van der Waals surface area contributed by atoms with E-state index >= 15 is 0 Å². The van der Waals surface area contributed by atoms with Gasteiger partial charge in [-0.25, -0.2) is 9.97 Å². The van der Waals surface area contributed by atoms with Crippen molar-refractivity contribution in [1.29, 1.82) is 0 Å². The zero-order valence-corrected chi connectivity index (χ0v) is 13.2. The molecule has 0 saturated heterocycles. The lowest BCUT2D eigenvalue weighted by Gasteiger charge is -2.14. The molecule has 0 fully saturated rings. The van der Waals surface area contributed by atoms with Gasteiger partial charge in [0, 0.05) is 17.8 Å². The number of aryl methyl sites for hydroxylation is 2. The average molecular weight is 286 g/mol. The highest BCUT2D eigenvalue weighted by atomic mass is 16.5. The van der Waals surface area contributed by atoms with Crippen LogP contribution < -0.4 is 15.4 Å². The van der Waals surface area contributed by atoms with Crippen LogP contribution in [0.25, 0.3) is 0 Å². The highest BCUT2D eigenvalue weighted by Gasteiger charge is 2.09.